The van der Waals surface area contributed by atoms with E-state index in [-0.39, 0.29) is 11.4 Å². The number of carbonyl (C=O) groups excluding carboxylic acids is 1. The number of aryl methyl sites for hydroxylation is 1. The van der Waals surface area contributed by atoms with Crippen LogP contribution in [0.4, 0.5) is 10.1 Å². The minimum Gasteiger partial charge on any atom is -0.497 e. The molecule has 0 spiro atoms. The van der Waals surface area contributed by atoms with Crippen LogP contribution in [0.25, 0.3) is 0 Å². The maximum Gasteiger partial charge on any atom is 0.348 e. The third-order valence-electron chi connectivity index (χ3n) is 4.74. The molecular formula is C24H26FN5O5. The lowest BCUT2D eigenvalue weighted by atomic mass is 10.1. The molecule has 2 rings (SSSR count). The van der Waals surface area contributed by atoms with Crippen molar-refractivity contribution in [2.75, 3.05) is 12.4 Å². The number of benzene rings is 1. The summed E-state index contributed by atoms with van der Waals surface area (Å²) in [6.45, 7) is 7.04. The van der Waals surface area contributed by atoms with Crippen LogP contribution in [0, 0.1) is 17.1 Å². The highest BCUT2D eigenvalue weighted by atomic mass is 19.1. The van der Waals surface area contributed by atoms with Gasteiger partial charge in [-0.3, -0.25) is 9.59 Å². The van der Waals surface area contributed by atoms with Crippen LogP contribution >= 0.6 is 0 Å². The van der Waals surface area contributed by atoms with Gasteiger partial charge in [-0.2, -0.15) is 10.4 Å². The number of nitriles is 1. The van der Waals surface area contributed by atoms with E-state index in [1.54, 1.807) is 18.2 Å². The number of halogens is 1. The van der Waals surface area contributed by atoms with Crippen LogP contribution in [0.2, 0.25) is 0 Å². The smallest absolute Gasteiger partial charge is 0.348 e. The third-order valence-corrected chi connectivity index (χ3v) is 4.74. The lowest BCUT2D eigenvalue weighted by molar-refractivity contribution is 0.101. The zero-order valence-electron chi connectivity index (χ0n) is 19.9. The van der Waals surface area contributed by atoms with E-state index >= 15 is 0 Å². The summed E-state index contributed by atoms with van der Waals surface area (Å²) in [7, 11) is 2.73. The largest absolute Gasteiger partial charge is 0.497 e. The maximum absolute atomic E-state index is 14.8. The fourth-order valence-electron chi connectivity index (χ4n) is 2.97. The first-order valence-electron chi connectivity index (χ1n) is 10.6. The van der Waals surface area contributed by atoms with Crippen LogP contribution in [-0.2, 0) is 18.3 Å². The number of carbonyl (C=O) groups is 1. The van der Waals surface area contributed by atoms with Gasteiger partial charge in [-0.05, 0) is 42.7 Å². The predicted molar refractivity (Wildman–Crippen MR) is 127 cm³/mol. The third kappa shape index (κ3) is 6.54. The van der Waals surface area contributed by atoms with Crippen molar-refractivity contribution in [2.24, 2.45) is 7.05 Å². The lowest BCUT2D eigenvalue weighted by Gasteiger charge is -2.15. The number of anilines is 1. The highest BCUT2D eigenvalue weighted by Crippen LogP contribution is 2.27. The lowest BCUT2D eigenvalue weighted by Crippen LogP contribution is -2.44. The van der Waals surface area contributed by atoms with Crippen molar-refractivity contribution in [2.45, 2.75) is 33.2 Å². The second-order valence-electron chi connectivity index (χ2n) is 7.18. The quantitative estimate of drug-likeness (QED) is 0.406. The molecule has 0 saturated heterocycles. The first kappa shape index (κ1) is 26.8. The molecule has 0 radical (unpaired) electrons. The Balaban J connectivity index is 2.32. The van der Waals surface area contributed by atoms with E-state index in [1.807, 2.05) is 13.8 Å². The molecule has 0 fully saturated rings. The standard InChI is InChI=1S/C24H26FN5O5/c1-6-8-19(16(7-2)13-15(3)34-5)35-20-10-9-17(14-18(20)25)27-22(31)21-23(32)30(12-11-26)24(33)29(4)28-21/h8-10,13-14H,3,6-7,12H2,1-2,4-5H3,(H,27,31). The van der Waals surface area contributed by atoms with Crippen molar-refractivity contribution in [3.8, 4) is 11.8 Å². The summed E-state index contributed by atoms with van der Waals surface area (Å²) >= 11 is 0. The van der Waals surface area contributed by atoms with E-state index in [0.29, 0.717) is 28.9 Å². The molecule has 0 atom stereocenters. The number of hydrogen-bond acceptors (Lipinski definition) is 7. The van der Waals surface area contributed by atoms with Gasteiger partial charge in [0.15, 0.2) is 11.6 Å². The average Bonchev–Trinajstić information content (AvgIpc) is 2.83. The molecule has 2 aromatic rings. The fourth-order valence-corrected chi connectivity index (χ4v) is 2.97. The SMILES string of the molecule is C=C(C=C(CC)C(=CCC)Oc1ccc(NC(=O)c2nn(C)c(=O)n(CC#N)c2=O)cc1F)OC. The Labute approximate surface area is 201 Å². The first-order chi connectivity index (χ1) is 16.7. The minimum atomic E-state index is -1.03. The Hall–Kier alpha value is -4.46. The van der Waals surface area contributed by atoms with Gasteiger partial charge in [0.1, 0.15) is 18.1 Å². The summed E-state index contributed by atoms with van der Waals surface area (Å²) < 4.78 is 27.1. The topological polar surface area (TPSA) is 128 Å². The summed E-state index contributed by atoms with van der Waals surface area (Å²) in [4.78, 5) is 37.0. The zero-order chi connectivity index (χ0) is 26.1. The molecule has 0 bridgehead atoms. The average molecular weight is 484 g/mol. The molecule has 0 aliphatic rings. The van der Waals surface area contributed by atoms with Gasteiger partial charge in [-0.15, -0.1) is 0 Å². The molecule has 0 aliphatic heterocycles. The van der Waals surface area contributed by atoms with E-state index in [9.17, 15) is 18.8 Å². The molecule has 10 nitrogen and oxygen atoms in total. The predicted octanol–water partition coefficient (Wildman–Crippen LogP) is 3.03. The van der Waals surface area contributed by atoms with Gasteiger partial charge in [0.2, 0.25) is 5.69 Å². The summed E-state index contributed by atoms with van der Waals surface area (Å²) in [5.41, 5.74) is -1.70. The van der Waals surface area contributed by atoms with Crippen molar-refractivity contribution in [1.82, 2.24) is 14.3 Å². The van der Waals surface area contributed by atoms with Crippen molar-refractivity contribution < 1.29 is 18.7 Å². The minimum absolute atomic E-state index is 0.0294. The highest BCUT2D eigenvalue weighted by Gasteiger charge is 2.19. The Morgan fingerprint density at radius 3 is 2.63 bits per heavy atom. The van der Waals surface area contributed by atoms with Crippen LogP contribution in [-0.4, -0.2) is 27.4 Å². The summed E-state index contributed by atoms with van der Waals surface area (Å²) in [6, 6.07) is 5.42. The van der Waals surface area contributed by atoms with E-state index in [4.69, 9.17) is 14.7 Å². The highest BCUT2D eigenvalue weighted by molar-refractivity contribution is 6.02. The molecule has 1 N–H and O–H groups in total. The molecule has 184 valence electrons. The first-order valence-corrected chi connectivity index (χ1v) is 10.6. The summed E-state index contributed by atoms with van der Waals surface area (Å²) in [5, 5.41) is 14.9. The molecule has 35 heavy (non-hydrogen) atoms. The van der Waals surface area contributed by atoms with E-state index in [0.717, 1.165) is 16.3 Å². The van der Waals surface area contributed by atoms with Crippen molar-refractivity contribution in [1.29, 1.82) is 5.26 Å². The van der Waals surface area contributed by atoms with Crippen molar-refractivity contribution in [3.05, 3.63) is 86.4 Å². The van der Waals surface area contributed by atoms with Gasteiger partial charge in [0, 0.05) is 18.8 Å². The second kappa shape index (κ2) is 12.1. The molecule has 1 aromatic heterocycles. The number of rotatable bonds is 10. The van der Waals surface area contributed by atoms with E-state index in [2.05, 4.69) is 17.0 Å². The van der Waals surface area contributed by atoms with Gasteiger partial charge in [-0.1, -0.05) is 20.4 Å². The summed E-state index contributed by atoms with van der Waals surface area (Å²) in [5.74, 6) is -0.947. The molecule has 1 amide bonds. The van der Waals surface area contributed by atoms with Crippen molar-refractivity contribution >= 4 is 11.6 Å². The molecule has 0 saturated carbocycles. The maximum atomic E-state index is 14.8. The summed E-state index contributed by atoms with van der Waals surface area (Å²) in [6.07, 6.45) is 4.72. The Morgan fingerprint density at radius 1 is 1.34 bits per heavy atom. The van der Waals surface area contributed by atoms with Crippen LogP contribution < -0.4 is 21.3 Å². The normalized spacial score (nSPS) is 11.5. The van der Waals surface area contributed by atoms with Gasteiger partial charge >= 0.3 is 5.69 Å². The van der Waals surface area contributed by atoms with Crippen LogP contribution in [0.3, 0.4) is 0 Å². The Morgan fingerprint density at radius 2 is 2.06 bits per heavy atom. The fraction of sp³-hybridized carbons (Fsp3) is 0.292. The van der Waals surface area contributed by atoms with Gasteiger partial charge in [0.25, 0.3) is 11.5 Å². The zero-order valence-corrected chi connectivity index (χ0v) is 19.9. The number of amides is 1. The van der Waals surface area contributed by atoms with Crippen LogP contribution in [0.15, 0.2) is 63.6 Å². The molecule has 0 unspecified atom stereocenters. The van der Waals surface area contributed by atoms with E-state index < -0.39 is 35.2 Å². The van der Waals surface area contributed by atoms with E-state index in [1.165, 1.54) is 26.3 Å². The van der Waals surface area contributed by atoms with Crippen LogP contribution in [0.1, 0.15) is 37.2 Å². The second-order valence-corrected chi connectivity index (χ2v) is 7.18. The number of nitrogens with zero attached hydrogens (tertiary/aromatic N) is 4. The number of nitrogens with one attached hydrogen (secondary N) is 1. The van der Waals surface area contributed by atoms with Crippen LogP contribution in [0.5, 0.6) is 5.75 Å². The molecular weight excluding hydrogens is 457 g/mol. The molecule has 1 heterocycles. The van der Waals surface area contributed by atoms with Crippen molar-refractivity contribution in [3.63, 3.8) is 0 Å². The molecule has 11 heteroatoms. The number of aromatic nitrogens is 3. The number of methoxy groups -OCH3 is 1. The van der Waals surface area contributed by atoms with Gasteiger partial charge in [0.05, 0.1) is 13.2 Å². The Bertz CT molecular complexity index is 1350. The number of ether oxygens (including phenoxy) is 2. The number of hydrogen-bond donors (Lipinski definition) is 1. The molecule has 1 aromatic carbocycles. The molecule has 0 aliphatic carbocycles. The Kier molecular flexibility index (Phi) is 9.28. The van der Waals surface area contributed by atoms with Gasteiger partial charge < -0.3 is 14.8 Å². The monoisotopic (exact) mass is 483 g/mol. The van der Waals surface area contributed by atoms with Gasteiger partial charge in [-0.25, -0.2) is 18.4 Å². The number of allylic oxidation sites excluding steroid dienone is 3.